The van der Waals surface area contributed by atoms with Gasteiger partial charge < -0.3 is 20.1 Å². The first-order valence-corrected chi connectivity index (χ1v) is 7.46. The Morgan fingerprint density at radius 2 is 1.78 bits per heavy atom. The molecule has 1 aromatic rings. The van der Waals surface area contributed by atoms with E-state index in [4.69, 9.17) is 9.47 Å². The molecule has 0 radical (unpaired) electrons. The molecule has 1 heterocycles. The maximum absolute atomic E-state index is 12.0. The Bertz CT molecular complexity index is 579. The van der Waals surface area contributed by atoms with Gasteiger partial charge >= 0.3 is 5.97 Å². The fraction of sp³-hybridized carbons (Fsp3) is 0.438. The zero-order valence-electron chi connectivity index (χ0n) is 13.1. The van der Waals surface area contributed by atoms with Gasteiger partial charge in [-0.15, -0.1) is 0 Å². The molecule has 0 unspecified atom stereocenters. The summed E-state index contributed by atoms with van der Waals surface area (Å²) < 4.78 is 10.3. The van der Waals surface area contributed by atoms with Crippen molar-refractivity contribution in [2.75, 3.05) is 17.2 Å². The maximum Gasteiger partial charge on any atom is 0.336 e. The van der Waals surface area contributed by atoms with Crippen molar-refractivity contribution in [3.63, 3.8) is 0 Å². The van der Waals surface area contributed by atoms with Gasteiger partial charge in [0.2, 0.25) is 5.91 Å². The molecular weight excluding hydrogens is 300 g/mol. The van der Waals surface area contributed by atoms with Gasteiger partial charge in [0.25, 0.3) is 5.91 Å². The highest BCUT2D eigenvalue weighted by Gasteiger charge is 2.28. The molecule has 7 nitrogen and oxygen atoms in total. The highest BCUT2D eigenvalue weighted by atomic mass is 16.6. The third kappa shape index (κ3) is 5.07. The Morgan fingerprint density at radius 3 is 2.30 bits per heavy atom. The predicted octanol–water partition coefficient (Wildman–Crippen LogP) is 1.69. The summed E-state index contributed by atoms with van der Waals surface area (Å²) in [5.41, 5.74) is 1.18. The van der Waals surface area contributed by atoms with Crippen LogP contribution < -0.4 is 10.6 Å². The topological polar surface area (TPSA) is 93.7 Å². The second-order valence-electron chi connectivity index (χ2n) is 5.33. The van der Waals surface area contributed by atoms with Gasteiger partial charge in [-0.3, -0.25) is 9.59 Å². The number of amides is 2. The Labute approximate surface area is 134 Å². The number of esters is 1. The number of benzene rings is 1. The molecule has 7 heteroatoms. The Hall–Kier alpha value is -2.41. The summed E-state index contributed by atoms with van der Waals surface area (Å²) in [5, 5.41) is 5.28. The largest absolute Gasteiger partial charge is 0.451 e. The summed E-state index contributed by atoms with van der Waals surface area (Å²) in [7, 11) is 0. The van der Waals surface area contributed by atoms with Crippen LogP contribution in [0.25, 0.3) is 0 Å². The Morgan fingerprint density at radius 1 is 1.17 bits per heavy atom. The highest BCUT2D eigenvalue weighted by molar-refractivity contribution is 5.95. The van der Waals surface area contributed by atoms with Crippen LogP contribution in [0.4, 0.5) is 11.4 Å². The lowest BCUT2D eigenvalue weighted by Gasteiger charge is -2.16. The summed E-state index contributed by atoms with van der Waals surface area (Å²) in [5.74, 6) is -1.11. The fourth-order valence-electron chi connectivity index (χ4n) is 2.15. The second-order valence-corrected chi connectivity index (χ2v) is 5.33. The molecule has 2 atom stereocenters. The number of ether oxygens (including phenoxy) is 2. The van der Waals surface area contributed by atoms with E-state index in [9.17, 15) is 14.4 Å². The van der Waals surface area contributed by atoms with Gasteiger partial charge in [-0.2, -0.15) is 0 Å². The summed E-state index contributed by atoms with van der Waals surface area (Å²) in [6.45, 7) is 3.47. The smallest absolute Gasteiger partial charge is 0.336 e. The summed E-state index contributed by atoms with van der Waals surface area (Å²) in [4.78, 5) is 34.8. The normalized spacial score (nSPS) is 18.1. The minimum atomic E-state index is -0.915. The Balaban J connectivity index is 1.85. The molecule has 0 spiro atoms. The van der Waals surface area contributed by atoms with Gasteiger partial charge in [0.1, 0.15) is 0 Å². The molecule has 0 bridgehead atoms. The van der Waals surface area contributed by atoms with Gasteiger partial charge in [-0.25, -0.2) is 4.79 Å². The van der Waals surface area contributed by atoms with Gasteiger partial charge in [0.15, 0.2) is 12.2 Å². The SMILES string of the molecule is CC(=O)Nc1ccc(NC(=O)[C@@H](C)OC(=O)[C@H]2CCCO2)cc1. The third-order valence-electron chi connectivity index (χ3n) is 3.33. The molecule has 23 heavy (non-hydrogen) atoms. The summed E-state index contributed by atoms with van der Waals surface area (Å²) in [6.07, 6.45) is -0.0393. The molecular formula is C16H20N2O5. The van der Waals surface area contributed by atoms with Crippen molar-refractivity contribution in [2.45, 2.75) is 38.9 Å². The van der Waals surface area contributed by atoms with E-state index in [-0.39, 0.29) is 5.91 Å². The molecule has 1 aliphatic rings. The van der Waals surface area contributed by atoms with Crippen molar-refractivity contribution in [3.05, 3.63) is 24.3 Å². The molecule has 0 aliphatic carbocycles. The van der Waals surface area contributed by atoms with Crippen LogP contribution in [-0.2, 0) is 23.9 Å². The summed E-state index contributed by atoms with van der Waals surface area (Å²) in [6, 6.07) is 6.63. The average molecular weight is 320 g/mol. The molecule has 1 saturated heterocycles. The van der Waals surface area contributed by atoms with Crippen LogP contribution in [0.5, 0.6) is 0 Å². The van der Waals surface area contributed by atoms with Crippen molar-refractivity contribution in [1.82, 2.24) is 0 Å². The number of anilines is 2. The lowest BCUT2D eigenvalue weighted by molar-refractivity contribution is -0.162. The first-order valence-electron chi connectivity index (χ1n) is 7.46. The van der Waals surface area contributed by atoms with Crippen molar-refractivity contribution in [3.8, 4) is 0 Å². The summed E-state index contributed by atoms with van der Waals surface area (Å²) >= 11 is 0. The van der Waals surface area contributed by atoms with Gasteiger partial charge in [0, 0.05) is 24.9 Å². The zero-order valence-corrected chi connectivity index (χ0v) is 13.1. The number of hydrogen-bond donors (Lipinski definition) is 2. The fourth-order valence-corrected chi connectivity index (χ4v) is 2.15. The molecule has 0 aromatic heterocycles. The standard InChI is InChI=1S/C16H20N2O5/c1-10(23-16(21)14-4-3-9-22-14)15(20)18-13-7-5-12(6-8-13)17-11(2)19/h5-8,10,14H,3-4,9H2,1-2H3,(H,17,19)(H,18,20)/t10-,14-/m1/s1. The zero-order chi connectivity index (χ0) is 16.8. The lowest BCUT2D eigenvalue weighted by atomic mass is 10.2. The molecule has 2 amide bonds. The molecule has 1 aromatic carbocycles. The number of nitrogens with one attached hydrogen (secondary N) is 2. The molecule has 2 rings (SSSR count). The monoisotopic (exact) mass is 320 g/mol. The van der Waals surface area contributed by atoms with E-state index in [1.165, 1.54) is 13.8 Å². The van der Waals surface area contributed by atoms with E-state index in [2.05, 4.69) is 10.6 Å². The lowest BCUT2D eigenvalue weighted by Crippen LogP contribution is -2.33. The predicted molar refractivity (Wildman–Crippen MR) is 83.9 cm³/mol. The van der Waals surface area contributed by atoms with Gasteiger partial charge in [0.05, 0.1) is 0 Å². The van der Waals surface area contributed by atoms with Crippen LogP contribution >= 0.6 is 0 Å². The first kappa shape index (κ1) is 17.0. The van der Waals surface area contributed by atoms with Crippen LogP contribution in [0, 0.1) is 0 Å². The van der Waals surface area contributed by atoms with E-state index in [0.717, 1.165) is 6.42 Å². The van der Waals surface area contributed by atoms with Crippen LogP contribution in [0.3, 0.4) is 0 Å². The number of rotatable bonds is 5. The van der Waals surface area contributed by atoms with Gasteiger partial charge in [-0.1, -0.05) is 0 Å². The van der Waals surface area contributed by atoms with Crippen LogP contribution in [0.1, 0.15) is 26.7 Å². The van der Waals surface area contributed by atoms with Crippen molar-refractivity contribution >= 4 is 29.2 Å². The van der Waals surface area contributed by atoms with E-state index < -0.39 is 24.1 Å². The number of carbonyl (C=O) groups excluding carboxylic acids is 3. The molecule has 2 N–H and O–H groups in total. The third-order valence-corrected chi connectivity index (χ3v) is 3.33. The van der Waals surface area contributed by atoms with Gasteiger partial charge in [-0.05, 0) is 44.0 Å². The van der Waals surface area contributed by atoms with E-state index in [1.807, 2.05) is 0 Å². The minimum Gasteiger partial charge on any atom is -0.451 e. The number of carbonyl (C=O) groups is 3. The van der Waals surface area contributed by atoms with Crippen molar-refractivity contribution < 1.29 is 23.9 Å². The molecule has 124 valence electrons. The van der Waals surface area contributed by atoms with Crippen molar-refractivity contribution in [1.29, 1.82) is 0 Å². The number of hydrogen-bond acceptors (Lipinski definition) is 5. The van der Waals surface area contributed by atoms with Crippen molar-refractivity contribution in [2.24, 2.45) is 0 Å². The minimum absolute atomic E-state index is 0.170. The molecule has 0 saturated carbocycles. The van der Waals surface area contributed by atoms with Crippen LogP contribution in [-0.4, -0.2) is 36.6 Å². The highest BCUT2D eigenvalue weighted by Crippen LogP contribution is 2.16. The van der Waals surface area contributed by atoms with E-state index >= 15 is 0 Å². The Kier molecular flexibility index (Phi) is 5.70. The van der Waals surface area contributed by atoms with E-state index in [1.54, 1.807) is 24.3 Å². The quantitative estimate of drug-likeness (QED) is 0.805. The molecule has 1 fully saturated rings. The first-order chi connectivity index (χ1) is 11.0. The van der Waals surface area contributed by atoms with Crippen LogP contribution in [0.15, 0.2) is 24.3 Å². The van der Waals surface area contributed by atoms with E-state index in [0.29, 0.717) is 24.4 Å². The average Bonchev–Trinajstić information content (AvgIpc) is 3.03. The molecule has 1 aliphatic heterocycles. The second kappa shape index (κ2) is 7.73. The maximum atomic E-state index is 12.0. The van der Waals surface area contributed by atoms with Crippen LogP contribution in [0.2, 0.25) is 0 Å².